The number of rotatable bonds is 2. The van der Waals surface area contributed by atoms with Crippen LogP contribution in [-0.4, -0.2) is 4.98 Å². The molecule has 0 fully saturated rings. The summed E-state index contributed by atoms with van der Waals surface area (Å²) < 4.78 is 19.9. The van der Waals surface area contributed by atoms with E-state index in [4.69, 9.17) is 10.5 Å². The van der Waals surface area contributed by atoms with Crippen LogP contribution in [0.3, 0.4) is 0 Å². The number of ether oxygens (including phenoxy) is 1. The average Bonchev–Trinajstić information content (AvgIpc) is 2.44. The van der Waals surface area contributed by atoms with Gasteiger partial charge in [0.1, 0.15) is 5.82 Å². The molecule has 0 aliphatic rings. The minimum atomic E-state index is -0.407. The van der Waals surface area contributed by atoms with E-state index < -0.39 is 5.82 Å². The van der Waals surface area contributed by atoms with Crippen LogP contribution in [0.1, 0.15) is 0 Å². The number of nitrogen functional groups attached to an aromatic ring is 1. The zero-order valence-corrected chi connectivity index (χ0v) is 11.9. The lowest BCUT2D eigenvalue weighted by atomic mass is 10.2. The first-order valence-corrected chi connectivity index (χ1v) is 6.70. The van der Waals surface area contributed by atoms with Crippen molar-refractivity contribution in [3.05, 3.63) is 59.0 Å². The van der Waals surface area contributed by atoms with Crippen molar-refractivity contribution < 1.29 is 9.13 Å². The number of fused-ring (bicyclic) bond motifs is 1. The quantitative estimate of drug-likeness (QED) is 0.702. The molecule has 3 nitrogen and oxygen atoms in total. The van der Waals surface area contributed by atoms with E-state index in [-0.39, 0.29) is 5.75 Å². The SMILES string of the molecule is Nc1ccc(F)cc1Oc1nccc2c(Br)cccc12. The Morgan fingerprint density at radius 3 is 2.80 bits per heavy atom. The van der Waals surface area contributed by atoms with E-state index in [2.05, 4.69) is 20.9 Å². The first-order valence-electron chi connectivity index (χ1n) is 5.91. The van der Waals surface area contributed by atoms with Crippen LogP contribution in [0.2, 0.25) is 0 Å². The Kier molecular flexibility index (Phi) is 3.28. The molecule has 5 heteroatoms. The zero-order valence-electron chi connectivity index (χ0n) is 10.3. The average molecular weight is 333 g/mol. The zero-order chi connectivity index (χ0) is 14.1. The lowest BCUT2D eigenvalue weighted by molar-refractivity contribution is 0.466. The maximum absolute atomic E-state index is 13.3. The van der Waals surface area contributed by atoms with Gasteiger partial charge in [-0.1, -0.05) is 22.0 Å². The van der Waals surface area contributed by atoms with Gasteiger partial charge >= 0.3 is 0 Å². The van der Waals surface area contributed by atoms with Gasteiger partial charge in [0.05, 0.1) is 5.69 Å². The molecule has 0 radical (unpaired) electrons. The summed E-state index contributed by atoms with van der Waals surface area (Å²) in [6.07, 6.45) is 1.64. The Bertz CT molecular complexity index is 792. The maximum Gasteiger partial charge on any atom is 0.227 e. The van der Waals surface area contributed by atoms with Gasteiger partial charge in [-0.05, 0) is 30.3 Å². The number of nitrogens with two attached hydrogens (primary N) is 1. The highest BCUT2D eigenvalue weighted by molar-refractivity contribution is 9.10. The molecule has 0 aliphatic heterocycles. The van der Waals surface area contributed by atoms with Crippen LogP contribution in [0.5, 0.6) is 11.6 Å². The smallest absolute Gasteiger partial charge is 0.227 e. The Balaban J connectivity index is 2.11. The molecule has 0 spiro atoms. The van der Waals surface area contributed by atoms with E-state index in [0.29, 0.717) is 11.6 Å². The molecular weight excluding hydrogens is 323 g/mol. The first kappa shape index (κ1) is 12.9. The molecule has 3 rings (SSSR count). The van der Waals surface area contributed by atoms with Crippen LogP contribution >= 0.6 is 15.9 Å². The molecule has 1 aromatic heterocycles. The summed E-state index contributed by atoms with van der Waals surface area (Å²) in [5.41, 5.74) is 6.14. The maximum atomic E-state index is 13.3. The third-order valence-electron chi connectivity index (χ3n) is 2.90. The monoisotopic (exact) mass is 332 g/mol. The van der Waals surface area contributed by atoms with Crippen molar-refractivity contribution in [3.8, 4) is 11.6 Å². The molecule has 20 heavy (non-hydrogen) atoms. The molecule has 1 heterocycles. The third kappa shape index (κ3) is 2.32. The van der Waals surface area contributed by atoms with Gasteiger partial charge in [0.2, 0.25) is 5.88 Å². The van der Waals surface area contributed by atoms with Crippen LogP contribution in [-0.2, 0) is 0 Å². The van der Waals surface area contributed by atoms with Crippen LogP contribution in [0, 0.1) is 5.82 Å². The number of hydrogen-bond acceptors (Lipinski definition) is 3. The molecule has 0 amide bonds. The minimum absolute atomic E-state index is 0.255. The van der Waals surface area contributed by atoms with E-state index in [1.807, 2.05) is 24.3 Å². The first-order chi connectivity index (χ1) is 9.65. The normalized spacial score (nSPS) is 10.7. The molecule has 0 atom stereocenters. The molecule has 0 aliphatic carbocycles. The lowest BCUT2D eigenvalue weighted by Gasteiger charge is -2.10. The second-order valence-corrected chi connectivity index (χ2v) is 5.09. The summed E-state index contributed by atoms with van der Waals surface area (Å²) >= 11 is 3.47. The van der Waals surface area contributed by atoms with Crippen molar-refractivity contribution in [2.45, 2.75) is 0 Å². The van der Waals surface area contributed by atoms with Crippen LogP contribution in [0.15, 0.2) is 53.1 Å². The Morgan fingerprint density at radius 2 is 1.95 bits per heavy atom. The summed E-state index contributed by atoms with van der Waals surface area (Å²) in [5.74, 6) is 0.238. The number of pyridine rings is 1. The molecule has 0 unspecified atom stereocenters. The predicted molar refractivity (Wildman–Crippen MR) is 80.3 cm³/mol. The molecule has 2 aromatic carbocycles. The Labute approximate surface area is 123 Å². The van der Waals surface area contributed by atoms with E-state index in [0.717, 1.165) is 15.2 Å². The second-order valence-electron chi connectivity index (χ2n) is 4.24. The molecule has 100 valence electrons. The van der Waals surface area contributed by atoms with Crippen molar-refractivity contribution >= 4 is 32.4 Å². The fourth-order valence-corrected chi connectivity index (χ4v) is 2.42. The number of anilines is 1. The van der Waals surface area contributed by atoms with Crippen molar-refractivity contribution in [2.24, 2.45) is 0 Å². The van der Waals surface area contributed by atoms with E-state index in [1.165, 1.54) is 18.2 Å². The Morgan fingerprint density at radius 1 is 1.10 bits per heavy atom. The molecule has 3 aromatic rings. The highest BCUT2D eigenvalue weighted by atomic mass is 79.9. The Hall–Kier alpha value is -2.14. The van der Waals surface area contributed by atoms with E-state index in [9.17, 15) is 4.39 Å². The van der Waals surface area contributed by atoms with Crippen molar-refractivity contribution in [1.29, 1.82) is 0 Å². The van der Waals surface area contributed by atoms with E-state index in [1.54, 1.807) is 6.20 Å². The summed E-state index contributed by atoms with van der Waals surface area (Å²) in [7, 11) is 0. The van der Waals surface area contributed by atoms with Gasteiger partial charge in [-0.15, -0.1) is 0 Å². The third-order valence-corrected chi connectivity index (χ3v) is 3.59. The van der Waals surface area contributed by atoms with Crippen molar-refractivity contribution in [2.75, 3.05) is 5.73 Å². The minimum Gasteiger partial charge on any atom is -0.436 e. The van der Waals surface area contributed by atoms with Gasteiger partial charge in [-0.3, -0.25) is 0 Å². The topological polar surface area (TPSA) is 48.1 Å². The molecule has 2 N–H and O–H groups in total. The molecular formula is C15H10BrFN2O. The van der Waals surface area contributed by atoms with Gasteiger partial charge in [-0.2, -0.15) is 0 Å². The second kappa shape index (κ2) is 5.09. The number of benzene rings is 2. The highest BCUT2D eigenvalue weighted by Gasteiger charge is 2.09. The van der Waals surface area contributed by atoms with E-state index >= 15 is 0 Å². The van der Waals surface area contributed by atoms with Crippen molar-refractivity contribution in [1.82, 2.24) is 4.98 Å². The van der Waals surface area contributed by atoms with Gasteiger partial charge in [0.25, 0.3) is 0 Å². The van der Waals surface area contributed by atoms with Gasteiger partial charge < -0.3 is 10.5 Å². The predicted octanol–water partition coefficient (Wildman–Crippen LogP) is 4.51. The summed E-state index contributed by atoms with van der Waals surface area (Å²) in [5, 5.41) is 1.79. The van der Waals surface area contributed by atoms with Gasteiger partial charge in [-0.25, -0.2) is 9.37 Å². The lowest BCUT2D eigenvalue weighted by Crippen LogP contribution is -1.95. The van der Waals surface area contributed by atoms with Crippen molar-refractivity contribution in [3.63, 3.8) is 0 Å². The van der Waals surface area contributed by atoms with Gasteiger partial charge in [0.15, 0.2) is 5.75 Å². The summed E-state index contributed by atoms with van der Waals surface area (Å²) in [6, 6.07) is 11.6. The number of hydrogen-bond donors (Lipinski definition) is 1. The van der Waals surface area contributed by atoms with Crippen LogP contribution < -0.4 is 10.5 Å². The molecule has 0 bridgehead atoms. The summed E-state index contributed by atoms with van der Waals surface area (Å²) in [4.78, 5) is 4.19. The van der Waals surface area contributed by atoms with Crippen LogP contribution in [0.25, 0.3) is 10.8 Å². The number of nitrogens with zero attached hydrogens (tertiary/aromatic N) is 1. The number of aromatic nitrogens is 1. The number of halogens is 2. The fourth-order valence-electron chi connectivity index (χ4n) is 1.92. The standard InChI is InChI=1S/C15H10BrFN2O/c16-12-3-1-2-11-10(12)6-7-19-15(11)20-14-8-9(17)4-5-13(14)18/h1-8H,18H2. The summed E-state index contributed by atoms with van der Waals surface area (Å²) in [6.45, 7) is 0. The van der Waals surface area contributed by atoms with Gasteiger partial charge in [0, 0.05) is 27.5 Å². The molecule has 0 saturated carbocycles. The molecule has 0 saturated heterocycles. The van der Waals surface area contributed by atoms with Crippen LogP contribution in [0.4, 0.5) is 10.1 Å². The largest absolute Gasteiger partial charge is 0.436 e. The highest BCUT2D eigenvalue weighted by Crippen LogP contribution is 2.33. The fraction of sp³-hybridized carbons (Fsp3) is 0.